The summed E-state index contributed by atoms with van der Waals surface area (Å²) in [5.74, 6) is 0.155. The molecule has 0 saturated carbocycles. The van der Waals surface area contributed by atoms with E-state index < -0.39 is 0 Å². The molecule has 0 aliphatic carbocycles. The zero-order chi connectivity index (χ0) is 11.5. The summed E-state index contributed by atoms with van der Waals surface area (Å²) in [6.07, 6.45) is 0. The number of ether oxygens (including phenoxy) is 1. The molecule has 82 valence electrons. The van der Waals surface area contributed by atoms with E-state index in [9.17, 15) is 4.79 Å². The molecule has 2 aromatic rings. The lowest BCUT2D eigenvalue weighted by Gasteiger charge is -2.05. The Balaban J connectivity index is 2.65. The molecule has 3 heteroatoms. The molecular weight excluding hydrogens is 224 g/mol. The number of rotatable bonds is 2. The van der Waals surface area contributed by atoms with Crippen LogP contribution < -0.4 is 0 Å². The minimum absolute atomic E-state index is 0.316. The second-order valence-electron chi connectivity index (χ2n) is 3.49. The van der Waals surface area contributed by atoms with Gasteiger partial charge < -0.3 is 4.74 Å². The van der Waals surface area contributed by atoms with Crippen molar-refractivity contribution in [3.63, 3.8) is 0 Å². The van der Waals surface area contributed by atoms with E-state index in [1.54, 1.807) is 6.07 Å². The Morgan fingerprint density at radius 2 is 2.12 bits per heavy atom. The molecule has 0 unspecified atom stereocenters. The molecule has 0 aliphatic rings. The van der Waals surface area contributed by atoms with Gasteiger partial charge in [0.2, 0.25) is 0 Å². The summed E-state index contributed by atoms with van der Waals surface area (Å²) in [6.45, 7) is 0. The number of alkyl halides is 1. The molecule has 0 N–H and O–H groups in total. The van der Waals surface area contributed by atoms with Crippen LogP contribution in [0.2, 0.25) is 0 Å². The van der Waals surface area contributed by atoms with Gasteiger partial charge in [0.25, 0.3) is 0 Å². The van der Waals surface area contributed by atoms with Gasteiger partial charge in [0.05, 0.1) is 12.7 Å². The lowest BCUT2D eigenvalue weighted by atomic mass is 10.0. The summed E-state index contributed by atoms with van der Waals surface area (Å²) in [7, 11) is 1.38. The number of esters is 1. The molecule has 2 aromatic carbocycles. The Bertz CT molecular complexity index is 534. The van der Waals surface area contributed by atoms with E-state index >= 15 is 0 Å². The van der Waals surface area contributed by atoms with Crippen molar-refractivity contribution >= 4 is 28.3 Å². The van der Waals surface area contributed by atoms with Crippen molar-refractivity contribution in [2.75, 3.05) is 7.11 Å². The molecule has 0 atom stereocenters. The molecule has 2 rings (SSSR count). The Labute approximate surface area is 98.8 Å². The average molecular weight is 235 g/mol. The lowest BCUT2D eigenvalue weighted by molar-refractivity contribution is 0.0603. The maximum atomic E-state index is 11.5. The van der Waals surface area contributed by atoms with Gasteiger partial charge in [-0.25, -0.2) is 4.79 Å². The van der Waals surface area contributed by atoms with Gasteiger partial charge in [-0.3, -0.25) is 0 Å². The molecule has 16 heavy (non-hydrogen) atoms. The number of halogens is 1. The number of methoxy groups -OCH3 is 1. The van der Waals surface area contributed by atoms with Crippen molar-refractivity contribution in [3.8, 4) is 0 Å². The van der Waals surface area contributed by atoms with Gasteiger partial charge in [-0.2, -0.15) is 0 Å². The van der Waals surface area contributed by atoms with E-state index in [0.29, 0.717) is 11.4 Å². The third-order valence-electron chi connectivity index (χ3n) is 2.50. The van der Waals surface area contributed by atoms with E-state index in [4.69, 9.17) is 16.3 Å². The topological polar surface area (TPSA) is 26.3 Å². The van der Waals surface area contributed by atoms with Crippen LogP contribution in [-0.4, -0.2) is 13.1 Å². The van der Waals surface area contributed by atoms with Crippen molar-refractivity contribution < 1.29 is 9.53 Å². The fourth-order valence-electron chi connectivity index (χ4n) is 1.70. The highest BCUT2D eigenvalue weighted by molar-refractivity contribution is 6.17. The Morgan fingerprint density at radius 3 is 2.81 bits per heavy atom. The molecule has 0 aliphatic heterocycles. The van der Waals surface area contributed by atoms with Crippen LogP contribution in [-0.2, 0) is 10.6 Å². The van der Waals surface area contributed by atoms with Crippen molar-refractivity contribution in [2.45, 2.75) is 5.88 Å². The largest absolute Gasteiger partial charge is 0.465 e. The zero-order valence-corrected chi connectivity index (χ0v) is 9.62. The third kappa shape index (κ3) is 1.89. The summed E-state index contributed by atoms with van der Waals surface area (Å²) in [4.78, 5) is 11.5. The number of fused-ring (bicyclic) bond motifs is 1. The third-order valence-corrected chi connectivity index (χ3v) is 2.81. The summed E-state index contributed by atoms with van der Waals surface area (Å²) in [5, 5.41) is 1.89. The second-order valence-corrected chi connectivity index (χ2v) is 3.75. The van der Waals surface area contributed by atoms with Crippen LogP contribution in [0.3, 0.4) is 0 Å². The summed E-state index contributed by atoms with van der Waals surface area (Å²) in [5.41, 5.74) is 1.62. The summed E-state index contributed by atoms with van der Waals surface area (Å²) in [6, 6.07) is 11.4. The number of carbonyl (C=O) groups excluding carboxylic acids is 1. The van der Waals surface area contributed by atoms with Gasteiger partial charge in [0.1, 0.15) is 0 Å². The zero-order valence-electron chi connectivity index (χ0n) is 8.87. The van der Waals surface area contributed by atoms with Gasteiger partial charge >= 0.3 is 5.97 Å². The molecule has 0 saturated heterocycles. The predicted octanol–water partition coefficient (Wildman–Crippen LogP) is 3.37. The first-order chi connectivity index (χ1) is 7.76. The van der Waals surface area contributed by atoms with Crippen molar-refractivity contribution in [1.82, 2.24) is 0 Å². The molecule has 0 bridgehead atoms. The quantitative estimate of drug-likeness (QED) is 0.588. The molecule has 0 fully saturated rings. The highest BCUT2D eigenvalue weighted by Crippen LogP contribution is 2.21. The Morgan fingerprint density at radius 1 is 1.31 bits per heavy atom. The van der Waals surface area contributed by atoms with Crippen LogP contribution in [0.4, 0.5) is 0 Å². The Hall–Kier alpha value is -1.54. The van der Waals surface area contributed by atoms with E-state index in [1.807, 2.05) is 30.3 Å². The van der Waals surface area contributed by atoms with Crippen molar-refractivity contribution in [1.29, 1.82) is 0 Å². The molecule has 0 amide bonds. The average Bonchev–Trinajstić information content (AvgIpc) is 2.36. The van der Waals surface area contributed by atoms with Gasteiger partial charge in [-0.15, -0.1) is 11.6 Å². The minimum atomic E-state index is -0.316. The lowest BCUT2D eigenvalue weighted by Crippen LogP contribution is -2.01. The van der Waals surface area contributed by atoms with Gasteiger partial charge in [0, 0.05) is 5.88 Å². The van der Waals surface area contributed by atoms with E-state index in [1.165, 1.54) is 7.11 Å². The highest BCUT2D eigenvalue weighted by atomic mass is 35.5. The van der Waals surface area contributed by atoms with Gasteiger partial charge in [-0.1, -0.05) is 24.3 Å². The summed E-state index contributed by atoms with van der Waals surface area (Å²) >= 11 is 5.77. The van der Waals surface area contributed by atoms with Crippen LogP contribution in [0.1, 0.15) is 15.9 Å². The molecule has 0 spiro atoms. The normalized spacial score (nSPS) is 10.4. The van der Waals surface area contributed by atoms with E-state index in [-0.39, 0.29) is 5.97 Å². The van der Waals surface area contributed by atoms with Crippen LogP contribution in [0.15, 0.2) is 36.4 Å². The van der Waals surface area contributed by atoms with Crippen molar-refractivity contribution in [2.24, 2.45) is 0 Å². The van der Waals surface area contributed by atoms with E-state index in [2.05, 4.69) is 0 Å². The van der Waals surface area contributed by atoms with Crippen LogP contribution in [0.5, 0.6) is 0 Å². The molecular formula is C13H11ClO2. The second kappa shape index (κ2) is 4.54. The van der Waals surface area contributed by atoms with E-state index in [0.717, 1.165) is 16.3 Å². The number of benzene rings is 2. The maximum Gasteiger partial charge on any atom is 0.338 e. The predicted molar refractivity (Wildman–Crippen MR) is 64.8 cm³/mol. The fourth-order valence-corrected chi connectivity index (χ4v) is 1.87. The summed E-state index contributed by atoms with van der Waals surface area (Å²) < 4.78 is 4.74. The monoisotopic (exact) mass is 234 g/mol. The molecule has 0 aromatic heterocycles. The molecule has 0 radical (unpaired) electrons. The van der Waals surface area contributed by atoms with Crippen LogP contribution in [0.25, 0.3) is 10.8 Å². The van der Waals surface area contributed by atoms with Gasteiger partial charge in [-0.05, 0) is 28.5 Å². The fraction of sp³-hybridized carbons (Fsp3) is 0.154. The smallest absolute Gasteiger partial charge is 0.338 e. The first kappa shape index (κ1) is 11.0. The highest BCUT2D eigenvalue weighted by Gasteiger charge is 2.09. The van der Waals surface area contributed by atoms with Crippen LogP contribution >= 0.6 is 11.6 Å². The maximum absolute atomic E-state index is 11.5. The number of hydrogen-bond acceptors (Lipinski definition) is 2. The standard InChI is InChI=1S/C13H11ClO2/c1-16-13(15)12-4-2-3-10-7-9(8-14)5-6-11(10)12/h2-7H,8H2,1H3. The van der Waals surface area contributed by atoms with Crippen molar-refractivity contribution in [3.05, 3.63) is 47.5 Å². The first-order valence-corrected chi connectivity index (χ1v) is 5.45. The minimum Gasteiger partial charge on any atom is -0.465 e. The molecule has 2 nitrogen and oxygen atoms in total. The molecule has 0 heterocycles. The first-order valence-electron chi connectivity index (χ1n) is 4.92. The number of carbonyl (C=O) groups is 1. The Kier molecular flexibility index (Phi) is 3.11. The number of hydrogen-bond donors (Lipinski definition) is 0. The van der Waals surface area contributed by atoms with Gasteiger partial charge in [0.15, 0.2) is 0 Å². The SMILES string of the molecule is COC(=O)c1cccc2cc(CCl)ccc12. The van der Waals surface area contributed by atoms with Crippen LogP contribution in [0, 0.1) is 0 Å².